The molecule has 0 unspecified atom stereocenters. The second kappa shape index (κ2) is 8.70. The molecule has 6 rings (SSSR count). The standard InChI is InChI=1S/C26H22ClN3O4S/c1-33-15-6-7-17(19(10-15)14-4-2-3-5-14)24-29-25-21(18-8-9-20(27)22(31)23(18)35-25)26(32)30(24)12-16-11-28-13-34-16/h6-11,13-14,31H,2-5,12H2,1H3. The number of oxazole rings is 1. The van der Waals surface area contributed by atoms with Gasteiger partial charge in [-0.15, -0.1) is 11.3 Å². The molecule has 178 valence electrons. The summed E-state index contributed by atoms with van der Waals surface area (Å²) in [5.41, 5.74) is 1.82. The summed E-state index contributed by atoms with van der Waals surface area (Å²) < 4.78 is 13.2. The predicted octanol–water partition coefficient (Wildman–Crippen LogP) is 6.34. The number of hydrogen-bond acceptors (Lipinski definition) is 7. The van der Waals surface area contributed by atoms with Gasteiger partial charge in [0.25, 0.3) is 5.56 Å². The van der Waals surface area contributed by atoms with Crippen molar-refractivity contribution >= 4 is 43.2 Å². The van der Waals surface area contributed by atoms with E-state index in [9.17, 15) is 9.90 Å². The monoisotopic (exact) mass is 507 g/mol. The lowest BCUT2D eigenvalue weighted by molar-refractivity contribution is 0.414. The molecule has 35 heavy (non-hydrogen) atoms. The maximum absolute atomic E-state index is 14.0. The zero-order valence-corrected chi connectivity index (χ0v) is 20.5. The van der Waals surface area contributed by atoms with Gasteiger partial charge in [0.2, 0.25) is 0 Å². The number of phenols is 1. The van der Waals surface area contributed by atoms with Gasteiger partial charge in [0.1, 0.15) is 22.2 Å². The average molecular weight is 508 g/mol. The topological polar surface area (TPSA) is 90.4 Å². The van der Waals surface area contributed by atoms with Gasteiger partial charge < -0.3 is 14.3 Å². The van der Waals surface area contributed by atoms with E-state index in [0.717, 1.165) is 29.7 Å². The van der Waals surface area contributed by atoms with Gasteiger partial charge in [-0.05, 0) is 48.6 Å². The maximum atomic E-state index is 14.0. The second-order valence-corrected chi connectivity index (χ2v) is 10.2. The van der Waals surface area contributed by atoms with Crippen LogP contribution in [0.25, 0.3) is 31.7 Å². The van der Waals surface area contributed by atoms with Gasteiger partial charge >= 0.3 is 0 Å². The number of phenolic OH excluding ortho intramolecular Hbond substituents is 1. The molecule has 9 heteroatoms. The molecular weight excluding hydrogens is 486 g/mol. The molecule has 0 spiro atoms. The molecule has 0 atom stereocenters. The molecule has 3 heterocycles. The van der Waals surface area contributed by atoms with Crippen LogP contribution in [0.4, 0.5) is 0 Å². The predicted molar refractivity (Wildman–Crippen MR) is 137 cm³/mol. The fraction of sp³-hybridized carbons (Fsp3) is 0.269. The third-order valence-electron chi connectivity index (χ3n) is 6.78. The zero-order chi connectivity index (χ0) is 24.1. The Balaban J connectivity index is 1.67. The Bertz CT molecular complexity index is 1620. The molecule has 1 saturated carbocycles. The smallest absolute Gasteiger partial charge is 0.263 e. The van der Waals surface area contributed by atoms with Gasteiger partial charge in [-0.25, -0.2) is 9.97 Å². The summed E-state index contributed by atoms with van der Waals surface area (Å²) in [5.74, 6) is 2.22. The number of benzene rings is 2. The minimum absolute atomic E-state index is 0.0361. The minimum atomic E-state index is -0.206. The van der Waals surface area contributed by atoms with E-state index in [1.165, 1.54) is 30.6 Å². The maximum Gasteiger partial charge on any atom is 0.263 e. The van der Waals surface area contributed by atoms with Gasteiger partial charge in [-0.3, -0.25) is 9.36 Å². The summed E-state index contributed by atoms with van der Waals surface area (Å²) in [5, 5.41) is 11.9. The Morgan fingerprint density at radius 3 is 2.83 bits per heavy atom. The summed E-state index contributed by atoms with van der Waals surface area (Å²) in [6.07, 6.45) is 7.48. The molecule has 1 fully saturated rings. The minimum Gasteiger partial charge on any atom is -0.505 e. The van der Waals surface area contributed by atoms with Crippen LogP contribution in [0.15, 0.2) is 52.1 Å². The quantitative estimate of drug-likeness (QED) is 0.298. The SMILES string of the molecule is COc1ccc(-c2nc3sc4c(O)c(Cl)ccc4c3c(=O)n2Cc2cnco2)c(C2CCCC2)c1. The number of methoxy groups -OCH3 is 1. The van der Waals surface area contributed by atoms with E-state index < -0.39 is 0 Å². The lowest BCUT2D eigenvalue weighted by Crippen LogP contribution is -2.24. The fourth-order valence-electron chi connectivity index (χ4n) is 5.06. The van der Waals surface area contributed by atoms with Crippen LogP contribution in [0, 0.1) is 0 Å². The normalized spacial score (nSPS) is 14.3. The Morgan fingerprint density at radius 1 is 1.26 bits per heavy atom. The van der Waals surface area contributed by atoms with Crippen molar-refractivity contribution in [1.29, 1.82) is 0 Å². The first-order valence-corrected chi connectivity index (χ1v) is 12.6. The number of thiophene rings is 1. The molecule has 0 saturated heterocycles. The van der Waals surface area contributed by atoms with Gasteiger partial charge in [-0.1, -0.05) is 30.5 Å². The van der Waals surface area contributed by atoms with Crippen LogP contribution < -0.4 is 10.3 Å². The van der Waals surface area contributed by atoms with Crippen molar-refractivity contribution in [3.8, 4) is 22.9 Å². The largest absolute Gasteiger partial charge is 0.505 e. The van der Waals surface area contributed by atoms with E-state index in [4.69, 9.17) is 25.7 Å². The Labute approximate surface area is 209 Å². The van der Waals surface area contributed by atoms with Gasteiger partial charge in [0, 0.05) is 10.9 Å². The van der Waals surface area contributed by atoms with Crippen molar-refractivity contribution in [3.05, 3.63) is 69.6 Å². The Hall–Kier alpha value is -3.36. The highest BCUT2D eigenvalue weighted by Gasteiger charge is 2.26. The summed E-state index contributed by atoms with van der Waals surface area (Å²) in [6.45, 7) is 0.185. The molecule has 0 aliphatic heterocycles. The molecule has 5 aromatic rings. The molecule has 1 aliphatic carbocycles. The second-order valence-electron chi connectivity index (χ2n) is 8.78. The van der Waals surface area contributed by atoms with E-state index in [1.54, 1.807) is 30.0 Å². The first kappa shape index (κ1) is 22.1. The molecule has 0 radical (unpaired) electrons. The van der Waals surface area contributed by atoms with Crippen LogP contribution in [0.2, 0.25) is 5.02 Å². The van der Waals surface area contributed by atoms with Gasteiger partial charge in [0.05, 0.1) is 35.0 Å². The molecule has 0 bridgehead atoms. The number of hydrogen-bond donors (Lipinski definition) is 1. The first-order chi connectivity index (χ1) is 17.0. The highest BCUT2D eigenvalue weighted by atomic mass is 35.5. The molecule has 1 N–H and O–H groups in total. The van der Waals surface area contributed by atoms with E-state index >= 15 is 0 Å². The van der Waals surface area contributed by atoms with Crippen molar-refractivity contribution in [2.24, 2.45) is 0 Å². The highest BCUT2D eigenvalue weighted by molar-refractivity contribution is 7.25. The number of nitrogens with zero attached hydrogens (tertiary/aromatic N) is 3. The van der Waals surface area contributed by atoms with Gasteiger partial charge in [0.15, 0.2) is 12.1 Å². The molecule has 1 aliphatic rings. The third-order valence-corrected chi connectivity index (χ3v) is 8.19. The summed E-state index contributed by atoms with van der Waals surface area (Å²) in [4.78, 5) is 23.6. The van der Waals surface area contributed by atoms with E-state index in [2.05, 4.69) is 11.1 Å². The van der Waals surface area contributed by atoms with Crippen molar-refractivity contribution in [2.75, 3.05) is 7.11 Å². The lowest BCUT2D eigenvalue weighted by Gasteiger charge is -2.19. The number of fused-ring (bicyclic) bond motifs is 3. The third kappa shape index (κ3) is 3.68. The molecule has 3 aromatic heterocycles. The van der Waals surface area contributed by atoms with E-state index in [1.807, 2.05) is 12.1 Å². The number of aromatic nitrogens is 3. The fourth-order valence-corrected chi connectivity index (χ4v) is 6.38. The number of halogens is 1. The average Bonchev–Trinajstić information content (AvgIpc) is 3.64. The van der Waals surface area contributed by atoms with Crippen molar-refractivity contribution in [1.82, 2.24) is 14.5 Å². The van der Waals surface area contributed by atoms with E-state index in [0.29, 0.717) is 37.8 Å². The van der Waals surface area contributed by atoms with Gasteiger partial charge in [-0.2, -0.15) is 0 Å². The molecular formula is C26H22ClN3O4S. The summed E-state index contributed by atoms with van der Waals surface area (Å²) in [6, 6.07) is 9.31. The van der Waals surface area contributed by atoms with Crippen LogP contribution >= 0.6 is 22.9 Å². The molecule has 2 aromatic carbocycles. The van der Waals surface area contributed by atoms with Crippen LogP contribution in [0.3, 0.4) is 0 Å². The number of rotatable bonds is 5. The number of ether oxygens (including phenoxy) is 1. The van der Waals surface area contributed by atoms with Crippen molar-refractivity contribution in [3.63, 3.8) is 0 Å². The summed E-state index contributed by atoms with van der Waals surface area (Å²) >= 11 is 7.42. The highest BCUT2D eigenvalue weighted by Crippen LogP contribution is 2.43. The molecule has 0 amide bonds. The van der Waals surface area contributed by atoms with Crippen LogP contribution in [-0.4, -0.2) is 26.8 Å². The Kier molecular flexibility index (Phi) is 5.50. The van der Waals surface area contributed by atoms with Crippen LogP contribution in [0.1, 0.15) is 42.9 Å². The number of aromatic hydroxyl groups is 1. The van der Waals surface area contributed by atoms with Crippen LogP contribution in [0.5, 0.6) is 11.5 Å². The van der Waals surface area contributed by atoms with Crippen LogP contribution in [-0.2, 0) is 6.54 Å². The summed E-state index contributed by atoms with van der Waals surface area (Å²) in [7, 11) is 1.66. The first-order valence-electron chi connectivity index (χ1n) is 11.5. The molecule has 7 nitrogen and oxygen atoms in total. The van der Waals surface area contributed by atoms with E-state index in [-0.39, 0.29) is 22.9 Å². The van der Waals surface area contributed by atoms with Crippen molar-refractivity contribution in [2.45, 2.75) is 38.1 Å². The van der Waals surface area contributed by atoms with Crippen molar-refractivity contribution < 1.29 is 14.3 Å². The lowest BCUT2D eigenvalue weighted by atomic mass is 9.92. The Morgan fingerprint density at radius 2 is 2.09 bits per heavy atom. The zero-order valence-electron chi connectivity index (χ0n) is 19.0.